The van der Waals surface area contributed by atoms with Gasteiger partial charge in [-0.2, -0.15) is 0 Å². The molecule has 0 aliphatic rings. The molecule has 0 aromatic heterocycles. The fraction of sp³-hybridized carbons (Fsp3) is 0.211. The molecule has 0 aliphatic heterocycles. The number of hydrogen-bond donors (Lipinski definition) is 0. The molecule has 2 aromatic carbocycles. The van der Waals surface area contributed by atoms with Gasteiger partial charge < -0.3 is 4.74 Å². The number of carbonyl (C=O) groups excluding carboxylic acids is 1. The maximum Gasteiger partial charge on any atom is 0.167 e. The van der Waals surface area contributed by atoms with Crippen molar-refractivity contribution in [1.82, 2.24) is 0 Å². The standard InChI is InChI=1S/C19H19FO2/c1-2-15(13-20)14-22-18-10-8-17(9-11-18)19(21)12-16-6-4-3-5-7-16/h3-11,13H,2,12,14H2,1H3. The van der Waals surface area contributed by atoms with Crippen LogP contribution in [-0.4, -0.2) is 12.4 Å². The summed E-state index contributed by atoms with van der Waals surface area (Å²) in [7, 11) is 0. The number of hydrogen-bond acceptors (Lipinski definition) is 2. The molecule has 2 aromatic rings. The molecule has 114 valence electrons. The first-order valence-electron chi connectivity index (χ1n) is 7.31. The highest BCUT2D eigenvalue weighted by atomic mass is 19.1. The summed E-state index contributed by atoms with van der Waals surface area (Å²) < 4.78 is 17.9. The Kier molecular flexibility index (Phi) is 5.90. The predicted molar refractivity (Wildman–Crippen MR) is 85.9 cm³/mol. The molecule has 0 radical (unpaired) electrons. The van der Waals surface area contributed by atoms with E-state index in [1.54, 1.807) is 24.3 Å². The second-order valence-electron chi connectivity index (χ2n) is 5.02. The van der Waals surface area contributed by atoms with Crippen molar-refractivity contribution >= 4 is 5.78 Å². The topological polar surface area (TPSA) is 26.3 Å². The Morgan fingerprint density at radius 2 is 1.77 bits per heavy atom. The van der Waals surface area contributed by atoms with Gasteiger partial charge in [-0.25, -0.2) is 4.39 Å². The average molecular weight is 298 g/mol. The van der Waals surface area contributed by atoms with Crippen LogP contribution >= 0.6 is 0 Å². The van der Waals surface area contributed by atoms with E-state index in [9.17, 15) is 9.18 Å². The predicted octanol–water partition coefficient (Wildman–Crippen LogP) is 4.75. The van der Waals surface area contributed by atoms with E-state index in [2.05, 4.69) is 0 Å². The summed E-state index contributed by atoms with van der Waals surface area (Å²) in [5.74, 6) is 0.694. The number of rotatable bonds is 7. The van der Waals surface area contributed by atoms with Crippen molar-refractivity contribution in [3.05, 3.63) is 77.6 Å². The van der Waals surface area contributed by atoms with E-state index in [1.807, 2.05) is 37.3 Å². The second kappa shape index (κ2) is 8.13. The van der Waals surface area contributed by atoms with Crippen LogP contribution in [-0.2, 0) is 6.42 Å². The summed E-state index contributed by atoms with van der Waals surface area (Å²) >= 11 is 0. The largest absolute Gasteiger partial charge is 0.489 e. The van der Waals surface area contributed by atoms with Gasteiger partial charge in [-0.05, 0) is 41.8 Å². The molecular formula is C19H19FO2. The number of ether oxygens (including phenoxy) is 1. The summed E-state index contributed by atoms with van der Waals surface area (Å²) in [6, 6.07) is 16.6. The van der Waals surface area contributed by atoms with Gasteiger partial charge in [0.1, 0.15) is 12.4 Å². The molecular weight excluding hydrogens is 279 g/mol. The van der Waals surface area contributed by atoms with E-state index in [4.69, 9.17) is 4.74 Å². The van der Waals surface area contributed by atoms with Gasteiger partial charge in [0.15, 0.2) is 5.78 Å². The molecule has 0 saturated heterocycles. The molecule has 0 N–H and O–H groups in total. The highest BCUT2D eigenvalue weighted by Crippen LogP contribution is 2.15. The fourth-order valence-corrected chi connectivity index (χ4v) is 2.01. The SMILES string of the molecule is CCC(=CF)COc1ccc(C(=O)Cc2ccccc2)cc1. The van der Waals surface area contributed by atoms with Crippen LogP contribution in [0.25, 0.3) is 0 Å². The fourth-order valence-electron chi connectivity index (χ4n) is 2.01. The first-order valence-corrected chi connectivity index (χ1v) is 7.31. The van der Waals surface area contributed by atoms with Crippen molar-refractivity contribution in [2.24, 2.45) is 0 Å². The van der Waals surface area contributed by atoms with Crippen LogP contribution in [0, 0.1) is 0 Å². The van der Waals surface area contributed by atoms with Crippen molar-refractivity contribution < 1.29 is 13.9 Å². The third-order valence-corrected chi connectivity index (χ3v) is 3.42. The van der Waals surface area contributed by atoms with E-state index >= 15 is 0 Å². The van der Waals surface area contributed by atoms with E-state index in [0.717, 1.165) is 5.56 Å². The minimum Gasteiger partial charge on any atom is -0.489 e. The van der Waals surface area contributed by atoms with E-state index in [1.165, 1.54) is 0 Å². The van der Waals surface area contributed by atoms with Gasteiger partial charge in [0.2, 0.25) is 0 Å². The van der Waals surface area contributed by atoms with Gasteiger partial charge in [0.25, 0.3) is 0 Å². The minimum atomic E-state index is 0.0654. The zero-order valence-corrected chi connectivity index (χ0v) is 12.6. The molecule has 0 aliphatic carbocycles. The van der Waals surface area contributed by atoms with Gasteiger partial charge in [-0.3, -0.25) is 4.79 Å². The van der Waals surface area contributed by atoms with Gasteiger partial charge in [0.05, 0.1) is 6.33 Å². The van der Waals surface area contributed by atoms with E-state index < -0.39 is 0 Å². The van der Waals surface area contributed by atoms with Crippen LogP contribution in [0.4, 0.5) is 4.39 Å². The van der Waals surface area contributed by atoms with Crippen molar-refractivity contribution in [3.63, 3.8) is 0 Å². The van der Waals surface area contributed by atoms with Crippen molar-refractivity contribution in [2.75, 3.05) is 6.61 Å². The lowest BCUT2D eigenvalue weighted by molar-refractivity contribution is 0.0993. The Balaban J connectivity index is 1.95. The number of carbonyl (C=O) groups is 1. The smallest absolute Gasteiger partial charge is 0.167 e. The first kappa shape index (κ1) is 16.0. The molecule has 0 saturated carbocycles. The Morgan fingerprint density at radius 3 is 2.36 bits per heavy atom. The molecule has 0 atom stereocenters. The summed E-state index contributed by atoms with van der Waals surface area (Å²) in [6.07, 6.45) is 1.58. The lowest BCUT2D eigenvalue weighted by Gasteiger charge is -2.08. The van der Waals surface area contributed by atoms with Crippen molar-refractivity contribution in [2.45, 2.75) is 19.8 Å². The van der Waals surface area contributed by atoms with Gasteiger partial charge >= 0.3 is 0 Å². The monoisotopic (exact) mass is 298 g/mol. The van der Waals surface area contributed by atoms with Crippen LogP contribution < -0.4 is 4.74 Å². The second-order valence-corrected chi connectivity index (χ2v) is 5.02. The lowest BCUT2D eigenvalue weighted by atomic mass is 10.0. The van der Waals surface area contributed by atoms with Gasteiger partial charge in [0, 0.05) is 12.0 Å². The molecule has 0 amide bonds. The third-order valence-electron chi connectivity index (χ3n) is 3.42. The van der Waals surface area contributed by atoms with Crippen LogP contribution in [0.3, 0.4) is 0 Å². The molecule has 2 rings (SSSR count). The first-order chi connectivity index (χ1) is 10.7. The van der Waals surface area contributed by atoms with Gasteiger partial charge in [-0.1, -0.05) is 37.3 Å². The van der Waals surface area contributed by atoms with Crippen LogP contribution in [0.5, 0.6) is 5.75 Å². The highest BCUT2D eigenvalue weighted by molar-refractivity contribution is 5.97. The molecule has 0 unspecified atom stereocenters. The third kappa shape index (κ3) is 4.55. The molecule has 0 heterocycles. The number of Topliss-reactive ketones (excluding diaryl/α,β-unsaturated/α-hetero) is 1. The Bertz CT molecular complexity index is 630. The Hall–Kier alpha value is -2.42. The van der Waals surface area contributed by atoms with Crippen molar-refractivity contribution in [3.8, 4) is 5.75 Å². The summed E-state index contributed by atoms with van der Waals surface area (Å²) in [4.78, 5) is 12.2. The number of ketones is 1. The van der Waals surface area contributed by atoms with E-state index in [-0.39, 0.29) is 12.4 Å². The number of halogens is 1. The summed E-state index contributed by atoms with van der Waals surface area (Å²) in [5, 5.41) is 0. The number of benzene rings is 2. The quantitative estimate of drug-likeness (QED) is 0.689. The minimum absolute atomic E-state index is 0.0654. The summed E-state index contributed by atoms with van der Waals surface area (Å²) in [6.45, 7) is 2.10. The Morgan fingerprint density at radius 1 is 1.09 bits per heavy atom. The molecule has 0 fully saturated rings. The molecule has 2 nitrogen and oxygen atoms in total. The maximum atomic E-state index is 12.5. The molecule has 0 bridgehead atoms. The maximum absolute atomic E-state index is 12.5. The summed E-state index contributed by atoms with van der Waals surface area (Å²) in [5.41, 5.74) is 2.24. The van der Waals surface area contributed by atoms with Crippen LogP contribution in [0.2, 0.25) is 0 Å². The lowest BCUT2D eigenvalue weighted by Crippen LogP contribution is -2.04. The highest BCUT2D eigenvalue weighted by Gasteiger charge is 2.07. The zero-order chi connectivity index (χ0) is 15.8. The van der Waals surface area contributed by atoms with Crippen LogP contribution in [0.1, 0.15) is 29.3 Å². The van der Waals surface area contributed by atoms with Crippen molar-refractivity contribution in [1.29, 1.82) is 0 Å². The molecule has 3 heteroatoms. The Labute approximate surface area is 130 Å². The normalized spacial score (nSPS) is 11.3. The average Bonchev–Trinajstić information content (AvgIpc) is 2.57. The molecule has 0 spiro atoms. The zero-order valence-electron chi connectivity index (χ0n) is 12.6. The van der Waals surface area contributed by atoms with E-state index in [0.29, 0.717) is 36.1 Å². The van der Waals surface area contributed by atoms with Crippen LogP contribution in [0.15, 0.2) is 66.5 Å². The van der Waals surface area contributed by atoms with Gasteiger partial charge in [-0.15, -0.1) is 0 Å². The molecule has 22 heavy (non-hydrogen) atoms.